The molecule has 3 nitrogen and oxygen atoms in total. The van der Waals surface area contributed by atoms with Gasteiger partial charge in [-0.2, -0.15) is 0 Å². The summed E-state index contributed by atoms with van der Waals surface area (Å²) in [5.41, 5.74) is 0.906. The van der Waals surface area contributed by atoms with E-state index in [0.717, 1.165) is 11.3 Å². The van der Waals surface area contributed by atoms with E-state index in [0.29, 0.717) is 10.3 Å². The van der Waals surface area contributed by atoms with Crippen molar-refractivity contribution in [3.8, 4) is 0 Å². The van der Waals surface area contributed by atoms with E-state index in [9.17, 15) is 9.18 Å². The molecule has 21 heavy (non-hydrogen) atoms. The molecular formula is C16H18BrFN2O. The maximum atomic E-state index is 13.1. The fourth-order valence-corrected chi connectivity index (χ4v) is 2.80. The largest absolute Gasteiger partial charge is 0.309 e. The number of nitrogens with one attached hydrogen (secondary N) is 1. The van der Waals surface area contributed by atoms with Crippen LogP contribution >= 0.6 is 15.9 Å². The summed E-state index contributed by atoms with van der Waals surface area (Å²) < 4.78 is 13.6. The fourth-order valence-electron chi connectivity index (χ4n) is 2.16. The van der Waals surface area contributed by atoms with Gasteiger partial charge in [-0.05, 0) is 53.4 Å². The number of rotatable bonds is 3. The second-order valence-corrected chi connectivity index (χ2v) is 6.69. The summed E-state index contributed by atoms with van der Waals surface area (Å²) in [5.74, 6) is 0.421. The maximum Gasteiger partial charge on any atom is 0.265 e. The molecule has 0 aliphatic heterocycles. The highest BCUT2D eigenvalue weighted by Crippen LogP contribution is 2.30. The van der Waals surface area contributed by atoms with Gasteiger partial charge in [0.2, 0.25) is 0 Å². The average Bonchev–Trinajstić information content (AvgIpc) is 2.41. The first-order valence-corrected chi connectivity index (χ1v) is 7.59. The number of nitrogens with zero attached hydrogens (tertiary/aromatic N) is 1. The van der Waals surface area contributed by atoms with Crippen LogP contribution in [-0.4, -0.2) is 9.97 Å². The molecule has 0 saturated carbocycles. The maximum absolute atomic E-state index is 13.1. The quantitative estimate of drug-likeness (QED) is 0.902. The van der Waals surface area contributed by atoms with Gasteiger partial charge in [-0.1, -0.05) is 26.0 Å². The van der Waals surface area contributed by atoms with Crippen molar-refractivity contribution in [2.75, 3.05) is 0 Å². The van der Waals surface area contributed by atoms with Crippen LogP contribution < -0.4 is 5.56 Å². The molecule has 0 atom stereocenters. The monoisotopic (exact) mass is 352 g/mol. The number of halogens is 2. The molecule has 0 bridgehead atoms. The van der Waals surface area contributed by atoms with Crippen molar-refractivity contribution in [2.24, 2.45) is 0 Å². The number of aromatic amines is 1. The summed E-state index contributed by atoms with van der Waals surface area (Å²) in [6.45, 7) is 7.88. The second kappa shape index (κ2) is 5.72. The van der Waals surface area contributed by atoms with Gasteiger partial charge in [0.05, 0.1) is 5.69 Å². The van der Waals surface area contributed by atoms with E-state index < -0.39 is 5.41 Å². The predicted octanol–water partition coefficient (Wildman–Crippen LogP) is 4.12. The molecule has 1 heterocycles. The van der Waals surface area contributed by atoms with Gasteiger partial charge >= 0.3 is 0 Å². The number of hydrogen-bond donors (Lipinski definition) is 1. The topological polar surface area (TPSA) is 45.8 Å². The van der Waals surface area contributed by atoms with Crippen molar-refractivity contribution in [2.45, 2.75) is 39.0 Å². The molecule has 0 radical (unpaired) electrons. The molecule has 0 spiro atoms. The van der Waals surface area contributed by atoms with Crippen LogP contribution in [0.4, 0.5) is 4.39 Å². The molecular weight excluding hydrogens is 335 g/mol. The lowest BCUT2D eigenvalue weighted by atomic mass is 9.83. The van der Waals surface area contributed by atoms with Gasteiger partial charge in [-0.15, -0.1) is 0 Å². The second-order valence-electron chi connectivity index (χ2n) is 5.90. The van der Waals surface area contributed by atoms with E-state index in [-0.39, 0.29) is 17.3 Å². The minimum Gasteiger partial charge on any atom is -0.309 e. The molecule has 1 aromatic carbocycles. The van der Waals surface area contributed by atoms with Crippen LogP contribution in [0.15, 0.2) is 33.5 Å². The minimum atomic E-state index is -0.517. The molecule has 0 aliphatic rings. The van der Waals surface area contributed by atoms with Crippen LogP contribution in [0.5, 0.6) is 0 Å². The molecule has 112 valence electrons. The molecule has 1 aromatic heterocycles. The minimum absolute atomic E-state index is 0.129. The highest BCUT2D eigenvalue weighted by Gasteiger charge is 2.27. The number of benzene rings is 1. The molecule has 2 aromatic rings. The summed E-state index contributed by atoms with van der Waals surface area (Å²) in [6, 6.07) is 6.26. The molecule has 0 unspecified atom stereocenters. The van der Waals surface area contributed by atoms with Crippen molar-refractivity contribution in [1.29, 1.82) is 0 Å². The third kappa shape index (κ3) is 3.07. The zero-order chi connectivity index (χ0) is 15.8. The summed E-state index contributed by atoms with van der Waals surface area (Å²) in [4.78, 5) is 19.5. The molecule has 0 fully saturated rings. The lowest BCUT2D eigenvalue weighted by Gasteiger charge is -2.25. The van der Waals surface area contributed by atoms with Crippen LogP contribution in [-0.2, 0) is 5.41 Å². The van der Waals surface area contributed by atoms with E-state index in [2.05, 4.69) is 25.9 Å². The van der Waals surface area contributed by atoms with Gasteiger partial charge in [0.25, 0.3) is 5.56 Å². The van der Waals surface area contributed by atoms with Crippen molar-refractivity contribution < 1.29 is 4.39 Å². The normalized spacial score (nSPS) is 12.0. The van der Waals surface area contributed by atoms with E-state index in [1.807, 2.05) is 27.7 Å². The van der Waals surface area contributed by atoms with Gasteiger partial charge < -0.3 is 4.98 Å². The Bertz CT molecular complexity index is 705. The Kier molecular flexibility index (Phi) is 4.33. The van der Waals surface area contributed by atoms with E-state index >= 15 is 0 Å². The summed E-state index contributed by atoms with van der Waals surface area (Å²) in [5, 5.41) is 0. The Morgan fingerprint density at radius 1 is 1.24 bits per heavy atom. The highest BCUT2D eigenvalue weighted by molar-refractivity contribution is 9.10. The first-order chi connectivity index (χ1) is 9.73. The molecule has 2 rings (SSSR count). The van der Waals surface area contributed by atoms with Crippen LogP contribution in [0.1, 0.15) is 50.7 Å². The van der Waals surface area contributed by atoms with Crippen molar-refractivity contribution in [3.63, 3.8) is 0 Å². The summed E-state index contributed by atoms with van der Waals surface area (Å²) in [7, 11) is 0. The third-order valence-electron chi connectivity index (χ3n) is 3.59. The van der Waals surface area contributed by atoms with Crippen LogP contribution in [0.2, 0.25) is 0 Å². The zero-order valence-electron chi connectivity index (χ0n) is 12.5. The molecule has 1 N–H and O–H groups in total. The van der Waals surface area contributed by atoms with Crippen LogP contribution in [0.25, 0.3) is 0 Å². The van der Waals surface area contributed by atoms with E-state index in [4.69, 9.17) is 0 Å². The number of hydrogen-bond acceptors (Lipinski definition) is 2. The van der Waals surface area contributed by atoms with Gasteiger partial charge in [-0.25, -0.2) is 9.37 Å². The Balaban J connectivity index is 2.59. The van der Waals surface area contributed by atoms with Crippen LogP contribution in [0.3, 0.4) is 0 Å². The van der Waals surface area contributed by atoms with Gasteiger partial charge in [0.15, 0.2) is 0 Å². The Labute approximate surface area is 131 Å². The molecule has 0 amide bonds. The van der Waals surface area contributed by atoms with Crippen molar-refractivity contribution in [3.05, 3.63) is 62.0 Å². The molecule has 0 aliphatic carbocycles. The SMILES string of the molecule is CC(C)c1nc(C(C)(C)c2ccc(F)cc2)[nH]c(=O)c1Br. The number of aromatic nitrogens is 2. The number of H-pyrrole nitrogens is 1. The lowest BCUT2D eigenvalue weighted by Crippen LogP contribution is -2.28. The molecule has 5 heteroatoms. The Morgan fingerprint density at radius 2 is 1.81 bits per heavy atom. The van der Waals surface area contributed by atoms with E-state index in [1.165, 1.54) is 12.1 Å². The smallest absolute Gasteiger partial charge is 0.265 e. The van der Waals surface area contributed by atoms with E-state index in [1.54, 1.807) is 12.1 Å². The van der Waals surface area contributed by atoms with Gasteiger partial charge in [0.1, 0.15) is 16.1 Å². The standard InChI is InChI=1S/C16H18BrFN2O/c1-9(2)13-12(17)14(21)20-15(19-13)16(3,4)10-5-7-11(18)8-6-10/h5-9H,1-4H3,(H,19,20,21). The third-order valence-corrected chi connectivity index (χ3v) is 4.36. The first kappa shape index (κ1) is 15.9. The zero-order valence-corrected chi connectivity index (χ0v) is 14.1. The fraction of sp³-hybridized carbons (Fsp3) is 0.375. The van der Waals surface area contributed by atoms with Crippen LogP contribution in [0, 0.1) is 5.82 Å². The first-order valence-electron chi connectivity index (χ1n) is 6.79. The van der Waals surface area contributed by atoms with Gasteiger partial charge in [0, 0.05) is 5.41 Å². The average molecular weight is 353 g/mol. The van der Waals surface area contributed by atoms with Gasteiger partial charge in [-0.3, -0.25) is 4.79 Å². The lowest BCUT2D eigenvalue weighted by molar-refractivity contribution is 0.571. The summed E-state index contributed by atoms with van der Waals surface area (Å²) in [6.07, 6.45) is 0. The highest BCUT2D eigenvalue weighted by atomic mass is 79.9. The van der Waals surface area contributed by atoms with Crippen molar-refractivity contribution >= 4 is 15.9 Å². The predicted molar refractivity (Wildman–Crippen MR) is 85.2 cm³/mol. The Morgan fingerprint density at radius 3 is 2.33 bits per heavy atom. The molecule has 0 saturated heterocycles. The van der Waals surface area contributed by atoms with Crippen molar-refractivity contribution in [1.82, 2.24) is 9.97 Å². The Hall–Kier alpha value is -1.49. The summed E-state index contributed by atoms with van der Waals surface area (Å²) >= 11 is 3.29.